The Balaban J connectivity index is 14.0. The van der Waals surface area contributed by atoms with Crippen LogP contribution in [0.3, 0.4) is 0 Å². The van der Waals surface area contributed by atoms with Crippen molar-refractivity contribution in [2.75, 3.05) is 0 Å². The molecule has 0 aliphatic heterocycles. The fraction of sp³-hybridized carbons (Fsp3) is 0. The molecule has 0 rings (SSSR count). The highest BCUT2D eigenvalue weighted by Gasteiger charge is 2.64. The minimum Gasteiger partial charge on any atom is -0.102 e. The second-order valence-electron chi connectivity index (χ2n) is 16.1. The lowest BCUT2D eigenvalue weighted by molar-refractivity contribution is 4.32. The Kier molecular flexibility index (Phi) is 114. The van der Waals surface area contributed by atoms with Crippen molar-refractivity contribution in [1.29, 1.82) is 0 Å². The molecule has 0 aromatic carbocycles. The molecule has 0 radical (unpaired) electrons. The monoisotopic (exact) mass is 3230 g/mol. The fourth-order valence-corrected chi connectivity index (χ4v) is 1480. The van der Waals surface area contributed by atoms with Crippen molar-refractivity contribution in [3.8, 4) is 0 Å². The molecule has 56 unspecified atom stereocenters. The van der Waals surface area contributed by atoms with Crippen LogP contribution in [0, 0.1) is 0 Å². The van der Waals surface area contributed by atoms with E-state index < -0.39 is 224 Å². The minimum absolute atomic E-state index is 0.308. The summed E-state index contributed by atoms with van der Waals surface area (Å²) in [6.07, 6.45) is 0. The Morgan fingerprint density at radius 3 is 0.287 bits per heavy atom. The van der Waals surface area contributed by atoms with Gasteiger partial charge in [-0.25, -0.2) is 0 Å². The van der Waals surface area contributed by atoms with Crippen molar-refractivity contribution in [2.24, 2.45) is 0 Å². The highest BCUT2D eigenvalue weighted by Crippen LogP contribution is 3.52. The van der Waals surface area contributed by atoms with Gasteiger partial charge in [-0.15, -0.1) is 455 Å². The average Bonchev–Trinajstić information content (AvgIpc) is 3.40. The van der Waals surface area contributed by atoms with Gasteiger partial charge in [0.05, 0.1) is 0 Å². The lowest BCUT2D eigenvalue weighted by atomic mass is 28.4. The van der Waals surface area contributed by atoms with Crippen molar-refractivity contribution in [3.63, 3.8) is 0 Å². The molecule has 0 saturated heterocycles. The molecule has 0 aromatic rings. The van der Waals surface area contributed by atoms with Crippen LogP contribution in [-0.4, -0.2) is 0 Å². The Hall–Kier alpha value is 43.4. The average molecular weight is 3230 g/mol. The molecule has 0 N–H and O–H groups in total. The van der Waals surface area contributed by atoms with Crippen molar-refractivity contribution >= 4 is 806 Å². The summed E-state index contributed by atoms with van der Waals surface area (Å²) < 4.78 is 0. The van der Waals surface area contributed by atoms with Gasteiger partial charge in [-0.2, -0.15) is 0 Å². The van der Waals surface area contributed by atoms with E-state index in [2.05, 4.69) is 455 Å². The molecule has 0 aromatic heterocycles. The molecule has 101 heteroatoms. The Morgan fingerprint density at radius 2 is 0.178 bits per heavy atom. The van der Waals surface area contributed by atoms with Crippen molar-refractivity contribution < 1.29 is 0 Å². The van der Waals surface area contributed by atoms with Gasteiger partial charge >= 0.3 is 0 Å². The van der Waals surface area contributed by atoms with E-state index in [1.165, 1.54) is 0 Å². The van der Waals surface area contributed by atoms with Gasteiger partial charge in [0.15, 0.2) is 0 Å². The Morgan fingerprint density at radius 1 is 0.0891 bits per heavy atom. The molecule has 0 nitrogen and oxygen atoms in total. The molecule has 0 heterocycles. The minimum atomic E-state index is -0.576. The molecule has 608 valence electrons. The first-order valence-corrected chi connectivity index (χ1v) is 207. The standard InChI is InChI=1S/H103P101/c1-53(2)78(51)93(81(54(3)4)55(5)6)95(84(60(15)16)61(17)18)79(94(82(56(7)8)57(9)10)83(58(11)12)59(13)14)52-80(96(98(85(62(19)20)63(21)22)86(64(23)24)65(25)26)99(87(66(27)28)67(29)30)88(68(31)32)69(33)34)97(100(89(70(35)36)71(37)38)90(72(39)40)73(41)42)101(91(74(43)44)75(45)46)92(76(47)48)77(49)50/h52H,1-51H2. The molecule has 0 amide bonds. The zero-order chi connectivity index (χ0) is 80.0. The van der Waals surface area contributed by atoms with Gasteiger partial charge in [0, 0.05) is 0 Å². The molecule has 0 fully saturated rings. The van der Waals surface area contributed by atoms with E-state index in [1.54, 1.807) is 0 Å². The highest BCUT2D eigenvalue weighted by molar-refractivity contribution is 9.57. The molecule has 56 atom stereocenters. The number of hydrogen-bond donors (Lipinski definition) is 0. The summed E-state index contributed by atoms with van der Waals surface area (Å²) in [5.41, 5.74) is 0. The zero-order valence-electron chi connectivity index (χ0n) is 51.9. The molecular weight excluding hydrogens is 3130 g/mol. The second kappa shape index (κ2) is 79.4. The third-order valence-corrected chi connectivity index (χ3v) is 725. The van der Waals surface area contributed by atoms with Gasteiger partial charge < -0.3 is 0 Å². The first-order valence-electron chi connectivity index (χ1n) is 23.0. The van der Waals surface area contributed by atoms with Gasteiger partial charge in [-0.3, -0.25) is 0 Å². The van der Waals surface area contributed by atoms with Crippen LogP contribution in [0.4, 0.5) is 0 Å². The molecule has 0 aliphatic rings. The summed E-state index contributed by atoms with van der Waals surface area (Å²) in [6.45, 7) is -19.9. The number of hydrogen-bond acceptors (Lipinski definition) is 0. The summed E-state index contributed by atoms with van der Waals surface area (Å²) in [5, 5.41) is 0. The smallest absolute Gasteiger partial charge is 0.000359 e. The van der Waals surface area contributed by atoms with Gasteiger partial charge in [-0.05, 0) is 350 Å². The Bertz CT molecular complexity index is 1710. The summed E-state index contributed by atoms with van der Waals surface area (Å²) in [7, 11) is 193. The van der Waals surface area contributed by atoms with E-state index in [0.29, 0.717) is 0 Å². The maximum atomic E-state index is 3.94. The number of rotatable bonds is 49. The normalized spacial score (nSPS) is 15.9. The highest BCUT2D eigenvalue weighted by atomic mass is 33.6. The third-order valence-electron chi connectivity index (χ3n) is 8.95. The summed E-state index contributed by atoms with van der Waals surface area (Å²) in [4.78, 5) is 0. The molecule has 0 bridgehead atoms. The molecule has 0 spiro atoms. The van der Waals surface area contributed by atoms with E-state index in [0.717, 1.165) is 7.96 Å². The van der Waals surface area contributed by atoms with Crippen LogP contribution in [0.2, 0.25) is 0 Å². The van der Waals surface area contributed by atoms with Gasteiger partial charge in [0.1, 0.15) is 0 Å². The van der Waals surface area contributed by atoms with Crippen LogP contribution < -0.4 is 0 Å². The molecule has 0 aliphatic carbocycles. The van der Waals surface area contributed by atoms with Gasteiger partial charge in [0.25, 0.3) is 0 Å². The van der Waals surface area contributed by atoms with Crippen LogP contribution in [0.25, 0.3) is 0 Å². The van der Waals surface area contributed by atoms with Crippen LogP contribution in [0.1, 0.15) is 0 Å². The topological polar surface area (TPSA) is 0 Å². The molecular formula is H103P101. The zero-order valence-corrected chi connectivity index (χ0v) is 156. The molecule has 101 heavy (non-hydrogen) atoms. The summed E-state index contributed by atoms with van der Waals surface area (Å²) in [6, 6.07) is 0. The van der Waals surface area contributed by atoms with E-state index in [1.807, 2.05) is 0 Å². The van der Waals surface area contributed by atoms with Crippen LogP contribution >= 0.6 is 806 Å². The second-order valence-corrected chi connectivity index (χ2v) is 436. The summed E-state index contributed by atoms with van der Waals surface area (Å²) >= 11 is 0. The fourth-order valence-electron chi connectivity index (χ4n) is 6.11. The van der Waals surface area contributed by atoms with Crippen LogP contribution in [-0.2, 0) is 0 Å². The summed E-state index contributed by atoms with van der Waals surface area (Å²) in [5.74, 6) is 0. The third kappa shape index (κ3) is 51.8. The van der Waals surface area contributed by atoms with Gasteiger partial charge in [-0.1, -0.05) is 0 Å². The molecule has 0 saturated carbocycles. The predicted octanol–water partition coefficient (Wildman–Crippen LogP) is 59.4. The Labute approximate surface area is 792 Å². The maximum absolute atomic E-state index is 3.94. The largest absolute Gasteiger partial charge is 0.102 e. The van der Waals surface area contributed by atoms with E-state index in [-0.39, 0.29) is 119 Å². The SMILES string of the molecule is PP(P)P(P)P(P(P(P)P)P(P)P)P(P(PP(P(P(P(P(P)P)P(P)P)P(P(P)P)P(P)P)P(P(P(P)P)P(P)P)P(P(P)P)P(P)P)P(P(P(P(P)P)P(P)P)P(P(P)P)P(P)P)P(P(P(P)P)P(P)P)P(P(P)P)P(P)P)P(P(P(P)P)P(P)P)P(P(P)P)P(P)P)P(P(P)P)P(P)P. The van der Waals surface area contributed by atoms with Crippen molar-refractivity contribution in [3.05, 3.63) is 0 Å². The van der Waals surface area contributed by atoms with E-state index in [4.69, 9.17) is 0 Å². The van der Waals surface area contributed by atoms with Crippen LogP contribution in [0.5, 0.6) is 0 Å². The lowest BCUT2D eigenvalue weighted by Gasteiger charge is -2.61. The van der Waals surface area contributed by atoms with Gasteiger partial charge in [0.2, 0.25) is 0 Å². The first-order chi connectivity index (χ1) is 45.9. The first kappa shape index (κ1) is 144. The lowest BCUT2D eigenvalue weighted by Crippen LogP contribution is -1.74. The van der Waals surface area contributed by atoms with Crippen molar-refractivity contribution in [1.82, 2.24) is 0 Å². The van der Waals surface area contributed by atoms with E-state index in [9.17, 15) is 0 Å². The van der Waals surface area contributed by atoms with Crippen LogP contribution in [0.15, 0.2) is 0 Å². The maximum Gasteiger partial charge on any atom is -0.000359 e. The quantitative estimate of drug-likeness (QED) is 0.0533. The predicted molar refractivity (Wildman–Crippen MR) is 843 cm³/mol. The van der Waals surface area contributed by atoms with E-state index >= 15 is 0 Å². The van der Waals surface area contributed by atoms with Crippen molar-refractivity contribution in [2.45, 2.75) is 0 Å².